The summed E-state index contributed by atoms with van der Waals surface area (Å²) in [5.74, 6) is -0.445. The smallest absolute Gasteiger partial charge is 0.279 e. The molecule has 1 aromatic heterocycles. The zero-order valence-corrected chi connectivity index (χ0v) is 16.5. The molecule has 4 aromatic rings. The number of rotatable bonds is 3. The van der Waals surface area contributed by atoms with Crippen LogP contribution in [0, 0.1) is 0 Å². The highest BCUT2D eigenvalue weighted by molar-refractivity contribution is 7.16. The van der Waals surface area contributed by atoms with E-state index in [1.165, 1.54) is 11.3 Å². The number of para-hydroxylation sites is 1. The van der Waals surface area contributed by atoms with E-state index in [0.717, 1.165) is 10.2 Å². The Morgan fingerprint density at radius 1 is 0.857 bits per heavy atom. The molecule has 0 atom stereocenters. The lowest BCUT2D eigenvalue weighted by Crippen LogP contribution is -2.13. The van der Waals surface area contributed by atoms with Crippen LogP contribution in [-0.4, -0.2) is 16.3 Å². The van der Waals surface area contributed by atoms with E-state index in [9.17, 15) is 9.59 Å². The van der Waals surface area contributed by atoms with Crippen molar-refractivity contribution in [3.8, 4) is 0 Å². The largest absolute Gasteiger partial charge is 0.318 e. The van der Waals surface area contributed by atoms with E-state index in [-0.39, 0.29) is 11.7 Å². The molecular weight excluding hydrogens is 392 g/mol. The first-order valence-corrected chi connectivity index (χ1v) is 9.77. The first kappa shape index (κ1) is 18.3. The quantitative estimate of drug-likeness (QED) is 0.456. The summed E-state index contributed by atoms with van der Waals surface area (Å²) in [5, 5.41) is 0.619. The van der Waals surface area contributed by atoms with Crippen molar-refractivity contribution in [3.05, 3.63) is 99.3 Å². The molecule has 138 valence electrons. The molecule has 0 saturated carbocycles. The minimum Gasteiger partial charge on any atom is -0.318 e. The van der Waals surface area contributed by atoms with Crippen LogP contribution in [0.15, 0.2) is 77.8 Å². The molecule has 0 N–H and O–H groups in total. The summed E-state index contributed by atoms with van der Waals surface area (Å²) >= 11 is 7.66. The second-order valence-electron chi connectivity index (χ2n) is 6.22. The zero-order chi connectivity index (χ0) is 19.7. The van der Waals surface area contributed by atoms with Gasteiger partial charge in [-0.2, -0.15) is 4.99 Å². The molecule has 0 saturated heterocycles. The fraction of sp³-hybridized carbons (Fsp3) is 0.0455. The number of benzene rings is 3. The van der Waals surface area contributed by atoms with E-state index in [0.29, 0.717) is 26.5 Å². The van der Waals surface area contributed by atoms with E-state index in [4.69, 9.17) is 11.6 Å². The molecule has 0 radical (unpaired) electrons. The lowest BCUT2D eigenvalue weighted by atomic mass is 10.0. The second-order valence-corrected chi connectivity index (χ2v) is 7.64. The van der Waals surface area contributed by atoms with Gasteiger partial charge in [0, 0.05) is 23.7 Å². The van der Waals surface area contributed by atoms with Crippen LogP contribution >= 0.6 is 22.9 Å². The Bertz CT molecular complexity index is 1260. The predicted octanol–water partition coefficient (Wildman–Crippen LogP) is 4.87. The number of fused-ring (bicyclic) bond motifs is 1. The molecule has 1 heterocycles. The number of aryl methyl sites for hydroxylation is 1. The highest BCUT2D eigenvalue weighted by Gasteiger charge is 2.12. The summed E-state index contributed by atoms with van der Waals surface area (Å²) in [5.41, 5.74) is 2.42. The van der Waals surface area contributed by atoms with Crippen molar-refractivity contribution in [3.63, 3.8) is 0 Å². The molecule has 28 heavy (non-hydrogen) atoms. The first-order valence-electron chi connectivity index (χ1n) is 8.57. The third-order valence-corrected chi connectivity index (χ3v) is 5.80. The second kappa shape index (κ2) is 7.54. The van der Waals surface area contributed by atoms with Crippen molar-refractivity contribution >= 4 is 44.8 Å². The van der Waals surface area contributed by atoms with E-state index in [2.05, 4.69) is 4.99 Å². The maximum absolute atomic E-state index is 12.6. The molecule has 4 rings (SSSR count). The SMILES string of the molecule is Cn1c(=NC(=O)c2ccc(C(=O)c3ccccc3)cc2)sc2cccc(Cl)c21. The maximum Gasteiger partial charge on any atom is 0.279 e. The van der Waals surface area contributed by atoms with Crippen molar-refractivity contribution < 1.29 is 9.59 Å². The van der Waals surface area contributed by atoms with Gasteiger partial charge in [0.25, 0.3) is 5.91 Å². The van der Waals surface area contributed by atoms with E-state index >= 15 is 0 Å². The fourth-order valence-corrected chi connectivity index (χ4v) is 4.34. The topological polar surface area (TPSA) is 51.4 Å². The number of hydrogen-bond donors (Lipinski definition) is 0. The summed E-state index contributed by atoms with van der Waals surface area (Å²) in [7, 11) is 1.83. The van der Waals surface area contributed by atoms with Gasteiger partial charge >= 0.3 is 0 Å². The van der Waals surface area contributed by atoms with Crippen LogP contribution in [-0.2, 0) is 7.05 Å². The standard InChI is InChI=1S/C22H15ClN2O2S/c1-25-19-17(23)8-5-9-18(19)28-22(25)24-21(27)16-12-10-15(11-13-16)20(26)14-6-3-2-4-7-14/h2-13H,1H3. The molecule has 3 aromatic carbocycles. The Hall–Kier alpha value is -3.02. The van der Waals surface area contributed by atoms with Gasteiger partial charge in [-0.25, -0.2) is 0 Å². The molecule has 4 nitrogen and oxygen atoms in total. The van der Waals surface area contributed by atoms with E-state index in [1.807, 2.05) is 48.0 Å². The van der Waals surface area contributed by atoms with Gasteiger partial charge in [-0.3, -0.25) is 9.59 Å². The van der Waals surface area contributed by atoms with Crippen LogP contribution in [0.5, 0.6) is 0 Å². The van der Waals surface area contributed by atoms with Gasteiger partial charge in [0.1, 0.15) is 0 Å². The highest BCUT2D eigenvalue weighted by atomic mass is 35.5. The molecule has 6 heteroatoms. The Kier molecular flexibility index (Phi) is 4.94. The normalized spacial score (nSPS) is 11.7. The third-order valence-electron chi connectivity index (χ3n) is 4.40. The number of amides is 1. The third kappa shape index (κ3) is 3.42. The molecule has 0 aliphatic carbocycles. The number of halogens is 1. The first-order chi connectivity index (χ1) is 13.5. The number of thiazole rings is 1. The van der Waals surface area contributed by atoms with Gasteiger partial charge < -0.3 is 4.57 Å². The minimum absolute atomic E-state index is 0.0814. The highest BCUT2D eigenvalue weighted by Crippen LogP contribution is 2.24. The maximum atomic E-state index is 12.6. The van der Waals surface area contributed by atoms with Crippen LogP contribution < -0.4 is 4.80 Å². The molecular formula is C22H15ClN2O2S. The number of carbonyl (C=O) groups excluding carboxylic acids is 2. The lowest BCUT2D eigenvalue weighted by Gasteiger charge is -2.02. The van der Waals surface area contributed by atoms with Gasteiger partial charge in [-0.1, -0.05) is 71.5 Å². The monoisotopic (exact) mass is 406 g/mol. The Morgan fingerprint density at radius 3 is 2.18 bits per heavy atom. The number of carbonyl (C=O) groups is 2. The van der Waals surface area contributed by atoms with E-state index in [1.54, 1.807) is 36.4 Å². The van der Waals surface area contributed by atoms with Gasteiger partial charge in [0.15, 0.2) is 10.6 Å². The molecule has 0 aliphatic heterocycles. The summed E-state index contributed by atoms with van der Waals surface area (Å²) in [6, 6.07) is 21.2. The van der Waals surface area contributed by atoms with Gasteiger partial charge in [0.2, 0.25) is 0 Å². The van der Waals surface area contributed by atoms with Crippen LogP contribution in [0.25, 0.3) is 10.2 Å². The molecule has 0 fully saturated rings. The number of ketones is 1. The Labute approximate surface area is 170 Å². The van der Waals surface area contributed by atoms with Crippen LogP contribution in [0.2, 0.25) is 5.02 Å². The van der Waals surface area contributed by atoms with Crippen LogP contribution in [0.1, 0.15) is 26.3 Å². The summed E-state index contributed by atoms with van der Waals surface area (Å²) in [6.45, 7) is 0. The van der Waals surface area contributed by atoms with Crippen LogP contribution in [0.4, 0.5) is 0 Å². The number of hydrogen-bond acceptors (Lipinski definition) is 3. The molecule has 0 aliphatic rings. The summed E-state index contributed by atoms with van der Waals surface area (Å²) < 4.78 is 2.78. The van der Waals surface area contributed by atoms with Crippen molar-refractivity contribution in [2.75, 3.05) is 0 Å². The number of aromatic nitrogens is 1. The van der Waals surface area contributed by atoms with Gasteiger partial charge in [0.05, 0.1) is 15.2 Å². The molecule has 1 amide bonds. The number of nitrogens with zero attached hydrogens (tertiary/aromatic N) is 2. The van der Waals surface area contributed by atoms with Gasteiger partial charge in [-0.05, 0) is 24.3 Å². The Morgan fingerprint density at radius 2 is 1.50 bits per heavy atom. The average Bonchev–Trinajstić information content (AvgIpc) is 3.04. The summed E-state index contributed by atoms with van der Waals surface area (Å²) in [6.07, 6.45) is 0. The zero-order valence-electron chi connectivity index (χ0n) is 14.9. The minimum atomic E-state index is -0.364. The predicted molar refractivity (Wildman–Crippen MR) is 112 cm³/mol. The van der Waals surface area contributed by atoms with Gasteiger partial charge in [-0.15, -0.1) is 0 Å². The lowest BCUT2D eigenvalue weighted by molar-refractivity contribution is 0.0994. The molecule has 0 unspecified atom stereocenters. The average molecular weight is 407 g/mol. The van der Waals surface area contributed by atoms with Crippen molar-refractivity contribution in [2.24, 2.45) is 12.0 Å². The summed E-state index contributed by atoms with van der Waals surface area (Å²) in [4.78, 5) is 29.9. The van der Waals surface area contributed by atoms with Crippen LogP contribution in [0.3, 0.4) is 0 Å². The van der Waals surface area contributed by atoms with E-state index < -0.39 is 0 Å². The van der Waals surface area contributed by atoms with Crippen molar-refractivity contribution in [1.82, 2.24) is 4.57 Å². The molecule has 0 spiro atoms. The van der Waals surface area contributed by atoms with Crippen molar-refractivity contribution in [1.29, 1.82) is 0 Å². The fourth-order valence-electron chi connectivity index (χ4n) is 2.94. The Balaban J connectivity index is 1.64. The molecule has 0 bridgehead atoms. The van der Waals surface area contributed by atoms with Crippen molar-refractivity contribution in [2.45, 2.75) is 0 Å².